The van der Waals surface area contributed by atoms with Gasteiger partial charge in [-0.3, -0.25) is 9.48 Å². The highest BCUT2D eigenvalue weighted by Crippen LogP contribution is 2.08. The van der Waals surface area contributed by atoms with Crippen molar-refractivity contribution in [3.05, 3.63) is 28.5 Å². The third kappa shape index (κ3) is 2.68. The van der Waals surface area contributed by atoms with Crippen molar-refractivity contribution in [2.75, 3.05) is 0 Å². The highest BCUT2D eigenvalue weighted by Gasteiger charge is 2.09. The van der Waals surface area contributed by atoms with Crippen molar-refractivity contribution in [1.29, 1.82) is 0 Å². The molecule has 2 aromatic rings. The molecule has 1 amide bonds. The lowest BCUT2D eigenvalue weighted by atomic mass is 10.3. The first kappa shape index (κ1) is 11.7. The Morgan fingerprint density at radius 2 is 2.41 bits per heavy atom. The number of aryl methyl sites for hydroxylation is 2. The Labute approximate surface area is 103 Å². The number of nitrogens with one attached hydrogen (secondary N) is 1. The molecule has 2 rings (SSSR count). The van der Waals surface area contributed by atoms with Gasteiger partial charge in [0.25, 0.3) is 5.91 Å². The second-order valence-electron chi connectivity index (χ2n) is 3.55. The van der Waals surface area contributed by atoms with Gasteiger partial charge in [-0.05, 0) is 25.4 Å². The van der Waals surface area contributed by atoms with Crippen molar-refractivity contribution in [2.45, 2.75) is 26.9 Å². The van der Waals surface area contributed by atoms with E-state index < -0.39 is 0 Å². The molecule has 0 atom stereocenters. The highest BCUT2D eigenvalue weighted by atomic mass is 32.1. The molecule has 0 aliphatic carbocycles. The van der Waals surface area contributed by atoms with Crippen LogP contribution in [-0.4, -0.2) is 25.3 Å². The first-order chi connectivity index (χ1) is 8.20. The lowest BCUT2D eigenvalue weighted by Crippen LogP contribution is -2.22. The molecule has 0 bridgehead atoms. The van der Waals surface area contributed by atoms with E-state index in [1.807, 2.05) is 13.8 Å². The van der Waals surface area contributed by atoms with Gasteiger partial charge in [-0.1, -0.05) is 4.49 Å². The van der Waals surface area contributed by atoms with Crippen LogP contribution in [0.1, 0.15) is 27.9 Å². The predicted molar refractivity (Wildman–Crippen MR) is 63.7 cm³/mol. The van der Waals surface area contributed by atoms with Crippen LogP contribution in [0.25, 0.3) is 0 Å². The average molecular weight is 251 g/mol. The Kier molecular flexibility index (Phi) is 3.48. The van der Waals surface area contributed by atoms with Crippen molar-refractivity contribution in [1.82, 2.24) is 24.7 Å². The average Bonchev–Trinajstić information content (AvgIpc) is 2.94. The summed E-state index contributed by atoms with van der Waals surface area (Å²) in [5.74, 6) is -0.127. The monoisotopic (exact) mass is 251 g/mol. The molecule has 0 fully saturated rings. The van der Waals surface area contributed by atoms with Crippen LogP contribution in [0.15, 0.2) is 12.4 Å². The molecule has 90 valence electrons. The van der Waals surface area contributed by atoms with E-state index in [4.69, 9.17) is 0 Å². The summed E-state index contributed by atoms with van der Waals surface area (Å²) in [7, 11) is 0. The van der Waals surface area contributed by atoms with E-state index in [0.717, 1.165) is 17.1 Å². The molecule has 0 saturated carbocycles. The van der Waals surface area contributed by atoms with E-state index in [1.54, 1.807) is 17.1 Å². The maximum atomic E-state index is 11.8. The molecular weight excluding hydrogens is 238 g/mol. The standard InChI is InChI=1S/C10H13N5OS/c1-3-15-6-8(4-12-15)10(16)11-5-9-7(2)13-14-17-9/h4,6H,3,5H2,1-2H3,(H,11,16). The molecular formula is C10H13N5OS. The topological polar surface area (TPSA) is 72.7 Å². The summed E-state index contributed by atoms with van der Waals surface area (Å²) in [6, 6.07) is 0. The maximum absolute atomic E-state index is 11.8. The number of carbonyl (C=O) groups is 1. The van der Waals surface area contributed by atoms with E-state index in [9.17, 15) is 4.79 Å². The minimum atomic E-state index is -0.127. The van der Waals surface area contributed by atoms with Crippen molar-refractivity contribution >= 4 is 17.4 Å². The lowest BCUT2D eigenvalue weighted by molar-refractivity contribution is 0.0951. The number of hydrogen-bond acceptors (Lipinski definition) is 5. The number of hydrogen-bond donors (Lipinski definition) is 1. The molecule has 0 aliphatic rings. The SMILES string of the molecule is CCn1cc(C(=O)NCc2snnc2C)cn1. The van der Waals surface area contributed by atoms with E-state index in [0.29, 0.717) is 12.1 Å². The Bertz CT molecular complexity index is 518. The molecule has 0 spiro atoms. The van der Waals surface area contributed by atoms with Gasteiger partial charge >= 0.3 is 0 Å². The van der Waals surface area contributed by atoms with Crippen LogP contribution in [0.5, 0.6) is 0 Å². The van der Waals surface area contributed by atoms with Gasteiger partial charge in [0.05, 0.1) is 28.9 Å². The minimum Gasteiger partial charge on any atom is -0.347 e. The predicted octanol–water partition coefficient (Wildman–Crippen LogP) is 0.993. The van der Waals surface area contributed by atoms with Crippen molar-refractivity contribution in [2.24, 2.45) is 0 Å². The normalized spacial score (nSPS) is 10.5. The highest BCUT2D eigenvalue weighted by molar-refractivity contribution is 7.05. The largest absolute Gasteiger partial charge is 0.347 e. The fraction of sp³-hybridized carbons (Fsp3) is 0.400. The summed E-state index contributed by atoms with van der Waals surface area (Å²) in [5, 5.41) is 10.8. The summed E-state index contributed by atoms with van der Waals surface area (Å²) in [6.07, 6.45) is 3.30. The summed E-state index contributed by atoms with van der Waals surface area (Å²) in [4.78, 5) is 12.8. The van der Waals surface area contributed by atoms with Crippen LogP contribution >= 0.6 is 11.5 Å². The van der Waals surface area contributed by atoms with Crippen LogP contribution in [0, 0.1) is 6.92 Å². The maximum Gasteiger partial charge on any atom is 0.254 e. The Hall–Kier alpha value is -1.76. The van der Waals surface area contributed by atoms with Crippen molar-refractivity contribution < 1.29 is 4.79 Å². The second kappa shape index (κ2) is 5.05. The Balaban J connectivity index is 1.95. The molecule has 1 N–H and O–H groups in total. The van der Waals surface area contributed by atoms with Gasteiger partial charge in [-0.25, -0.2) is 0 Å². The number of aromatic nitrogens is 4. The van der Waals surface area contributed by atoms with Gasteiger partial charge in [0.2, 0.25) is 0 Å². The molecule has 2 aromatic heterocycles. The molecule has 0 saturated heterocycles. The van der Waals surface area contributed by atoms with Crippen LogP contribution in [0.2, 0.25) is 0 Å². The number of carbonyl (C=O) groups excluding carboxylic acids is 1. The van der Waals surface area contributed by atoms with Gasteiger partial charge in [0.15, 0.2) is 0 Å². The Morgan fingerprint density at radius 3 is 3.00 bits per heavy atom. The van der Waals surface area contributed by atoms with Crippen LogP contribution in [0.3, 0.4) is 0 Å². The van der Waals surface area contributed by atoms with E-state index in [-0.39, 0.29) is 5.91 Å². The minimum absolute atomic E-state index is 0.127. The molecule has 6 nitrogen and oxygen atoms in total. The van der Waals surface area contributed by atoms with Gasteiger partial charge in [0.1, 0.15) is 0 Å². The number of nitrogens with zero attached hydrogens (tertiary/aromatic N) is 4. The van der Waals surface area contributed by atoms with Gasteiger partial charge in [-0.15, -0.1) is 5.10 Å². The Morgan fingerprint density at radius 1 is 1.59 bits per heavy atom. The fourth-order valence-corrected chi connectivity index (χ4v) is 1.90. The third-order valence-corrected chi connectivity index (χ3v) is 3.20. The summed E-state index contributed by atoms with van der Waals surface area (Å²) < 4.78 is 5.53. The van der Waals surface area contributed by atoms with Gasteiger partial charge < -0.3 is 5.32 Å². The zero-order valence-electron chi connectivity index (χ0n) is 9.67. The first-order valence-electron chi connectivity index (χ1n) is 5.29. The van der Waals surface area contributed by atoms with E-state index >= 15 is 0 Å². The molecule has 0 unspecified atom stereocenters. The van der Waals surface area contributed by atoms with E-state index in [1.165, 1.54) is 11.5 Å². The number of rotatable bonds is 4. The van der Waals surface area contributed by atoms with Crippen molar-refractivity contribution in [3.63, 3.8) is 0 Å². The summed E-state index contributed by atoms with van der Waals surface area (Å²) in [6.45, 7) is 5.06. The number of amides is 1. The molecule has 0 aliphatic heterocycles. The third-order valence-electron chi connectivity index (χ3n) is 2.37. The first-order valence-corrected chi connectivity index (χ1v) is 6.06. The molecule has 0 aromatic carbocycles. The molecule has 0 radical (unpaired) electrons. The lowest BCUT2D eigenvalue weighted by Gasteiger charge is -2.00. The second-order valence-corrected chi connectivity index (χ2v) is 4.39. The fourth-order valence-electron chi connectivity index (χ4n) is 1.33. The quantitative estimate of drug-likeness (QED) is 0.879. The smallest absolute Gasteiger partial charge is 0.254 e. The van der Waals surface area contributed by atoms with Crippen LogP contribution < -0.4 is 5.32 Å². The van der Waals surface area contributed by atoms with Crippen molar-refractivity contribution in [3.8, 4) is 0 Å². The summed E-state index contributed by atoms with van der Waals surface area (Å²) >= 11 is 1.30. The zero-order chi connectivity index (χ0) is 12.3. The van der Waals surface area contributed by atoms with Crippen LogP contribution in [0.4, 0.5) is 0 Å². The summed E-state index contributed by atoms with van der Waals surface area (Å²) in [5.41, 5.74) is 1.43. The molecule has 2 heterocycles. The van der Waals surface area contributed by atoms with E-state index in [2.05, 4.69) is 20.0 Å². The molecule has 17 heavy (non-hydrogen) atoms. The molecule has 7 heteroatoms. The van der Waals surface area contributed by atoms with Crippen LogP contribution in [-0.2, 0) is 13.1 Å². The van der Waals surface area contributed by atoms with Gasteiger partial charge in [-0.2, -0.15) is 5.10 Å². The van der Waals surface area contributed by atoms with Gasteiger partial charge in [0, 0.05) is 12.7 Å². The zero-order valence-corrected chi connectivity index (χ0v) is 10.5.